The van der Waals surface area contributed by atoms with Crippen LogP contribution in [-0.2, 0) is 4.74 Å². The molecule has 23 heavy (non-hydrogen) atoms. The van der Waals surface area contributed by atoms with Crippen LogP contribution >= 0.6 is 0 Å². The fourth-order valence-corrected chi connectivity index (χ4v) is 2.10. The van der Waals surface area contributed by atoms with Gasteiger partial charge in [0.05, 0.1) is 31.2 Å². The lowest BCUT2D eigenvalue weighted by Crippen LogP contribution is -2.32. The van der Waals surface area contributed by atoms with E-state index in [9.17, 15) is 14.9 Å². The first-order valence-corrected chi connectivity index (χ1v) is 7.54. The van der Waals surface area contributed by atoms with Crippen molar-refractivity contribution in [3.05, 3.63) is 39.9 Å². The molecule has 0 saturated carbocycles. The van der Waals surface area contributed by atoms with Crippen LogP contribution in [0.5, 0.6) is 0 Å². The highest BCUT2D eigenvalue weighted by atomic mass is 16.6. The van der Waals surface area contributed by atoms with Crippen LogP contribution in [0.15, 0.2) is 29.4 Å². The zero-order chi connectivity index (χ0) is 16.5. The maximum absolute atomic E-state index is 11.9. The SMILES string of the molecule is O=C(NCCC/C=N/N1CCOCC1)c1cccc([N+](=O)[O-])c1. The number of non-ortho nitro benzene ring substituents is 1. The van der Waals surface area contributed by atoms with E-state index in [1.165, 1.54) is 18.2 Å². The summed E-state index contributed by atoms with van der Waals surface area (Å²) in [4.78, 5) is 22.1. The van der Waals surface area contributed by atoms with E-state index in [0.717, 1.165) is 25.9 Å². The average Bonchev–Trinajstić information content (AvgIpc) is 2.58. The second kappa shape index (κ2) is 8.84. The van der Waals surface area contributed by atoms with E-state index in [0.29, 0.717) is 25.3 Å². The molecule has 0 unspecified atom stereocenters. The van der Waals surface area contributed by atoms with Gasteiger partial charge in [-0.25, -0.2) is 0 Å². The van der Waals surface area contributed by atoms with Crippen molar-refractivity contribution in [1.82, 2.24) is 10.3 Å². The van der Waals surface area contributed by atoms with Gasteiger partial charge < -0.3 is 10.1 Å². The summed E-state index contributed by atoms with van der Waals surface area (Å²) in [6, 6.07) is 5.69. The Kier molecular flexibility index (Phi) is 6.49. The molecule has 8 heteroatoms. The largest absolute Gasteiger partial charge is 0.378 e. The Morgan fingerprint density at radius 1 is 1.43 bits per heavy atom. The van der Waals surface area contributed by atoms with E-state index in [2.05, 4.69) is 10.4 Å². The Bertz CT molecular complexity index is 570. The summed E-state index contributed by atoms with van der Waals surface area (Å²) in [7, 11) is 0. The molecule has 0 bridgehead atoms. The van der Waals surface area contributed by atoms with Gasteiger partial charge in [0, 0.05) is 30.5 Å². The van der Waals surface area contributed by atoms with Crippen LogP contribution in [0.25, 0.3) is 0 Å². The van der Waals surface area contributed by atoms with Crippen LogP contribution in [-0.4, -0.2) is 54.9 Å². The molecule has 1 aromatic rings. The molecule has 1 fully saturated rings. The Balaban J connectivity index is 1.67. The lowest BCUT2D eigenvalue weighted by molar-refractivity contribution is -0.384. The molecule has 2 rings (SSSR count). The zero-order valence-corrected chi connectivity index (χ0v) is 12.8. The van der Waals surface area contributed by atoms with Crippen LogP contribution in [0.2, 0.25) is 0 Å². The van der Waals surface area contributed by atoms with E-state index in [1.807, 2.05) is 11.2 Å². The fourth-order valence-electron chi connectivity index (χ4n) is 2.10. The van der Waals surface area contributed by atoms with Gasteiger partial charge in [-0.05, 0) is 18.9 Å². The fraction of sp³-hybridized carbons (Fsp3) is 0.467. The van der Waals surface area contributed by atoms with Gasteiger partial charge in [0.1, 0.15) is 0 Å². The molecule has 1 aliphatic heterocycles. The standard InChI is InChI=1S/C15H20N4O4/c20-15(13-4-3-5-14(12-13)19(21)22)16-6-1-2-7-17-18-8-10-23-11-9-18/h3-5,7,12H,1-2,6,8-11H2,(H,16,20)/b17-7+. The normalized spacial score (nSPS) is 14.9. The number of nitrogens with zero attached hydrogens (tertiary/aromatic N) is 3. The molecular formula is C15H20N4O4. The second-order valence-corrected chi connectivity index (χ2v) is 5.07. The van der Waals surface area contributed by atoms with Gasteiger partial charge in [-0.2, -0.15) is 5.10 Å². The van der Waals surface area contributed by atoms with Crippen molar-refractivity contribution in [1.29, 1.82) is 0 Å². The summed E-state index contributed by atoms with van der Waals surface area (Å²) in [5.74, 6) is -0.307. The lowest BCUT2D eigenvalue weighted by Gasteiger charge is -2.23. The monoisotopic (exact) mass is 320 g/mol. The van der Waals surface area contributed by atoms with E-state index >= 15 is 0 Å². The number of ether oxygens (including phenoxy) is 1. The Hall–Kier alpha value is -2.48. The topological polar surface area (TPSA) is 97.1 Å². The van der Waals surface area contributed by atoms with Gasteiger partial charge in [-0.3, -0.25) is 19.9 Å². The molecule has 8 nitrogen and oxygen atoms in total. The van der Waals surface area contributed by atoms with Crippen molar-refractivity contribution in [3.8, 4) is 0 Å². The van der Waals surface area contributed by atoms with Crippen molar-refractivity contribution < 1.29 is 14.5 Å². The number of nitrogens with one attached hydrogen (secondary N) is 1. The molecule has 124 valence electrons. The van der Waals surface area contributed by atoms with E-state index in [1.54, 1.807) is 6.07 Å². The smallest absolute Gasteiger partial charge is 0.270 e. The third-order valence-electron chi connectivity index (χ3n) is 3.35. The maximum atomic E-state index is 11.9. The zero-order valence-electron chi connectivity index (χ0n) is 12.8. The molecule has 0 atom stereocenters. The van der Waals surface area contributed by atoms with E-state index in [-0.39, 0.29) is 11.6 Å². The number of hydrogen-bond acceptors (Lipinski definition) is 6. The number of hydrogen-bond donors (Lipinski definition) is 1. The Morgan fingerprint density at radius 3 is 2.96 bits per heavy atom. The first-order valence-electron chi connectivity index (χ1n) is 7.54. The van der Waals surface area contributed by atoms with Crippen molar-refractivity contribution in [2.45, 2.75) is 12.8 Å². The number of amides is 1. The summed E-state index contributed by atoms with van der Waals surface area (Å²) in [6.07, 6.45) is 3.35. The highest BCUT2D eigenvalue weighted by Crippen LogP contribution is 2.12. The van der Waals surface area contributed by atoms with Crippen LogP contribution in [0, 0.1) is 10.1 Å². The minimum absolute atomic E-state index is 0.0877. The van der Waals surface area contributed by atoms with Crippen LogP contribution in [0.1, 0.15) is 23.2 Å². The van der Waals surface area contributed by atoms with Gasteiger partial charge in [0.25, 0.3) is 11.6 Å². The van der Waals surface area contributed by atoms with Crippen LogP contribution in [0.4, 0.5) is 5.69 Å². The highest BCUT2D eigenvalue weighted by molar-refractivity contribution is 5.94. The van der Waals surface area contributed by atoms with Gasteiger partial charge in [-0.1, -0.05) is 6.07 Å². The molecule has 0 aliphatic carbocycles. The number of carbonyl (C=O) groups is 1. The molecule has 0 spiro atoms. The van der Waals surface area contributed by atoms with Gasteiger partial charge in [-0.15, -0.1) is 0 Å². The summed E-state index contributed by atoms with van der Waals surface area (Å²) < 4.78 is 5.23. The Morgan fingerprint density at radius 2 is 2.22 bits per heavy atom. The predicted octanol–water partition coefficient (Wildman–Crippen LogP) is 1.42. The van der Waals surface area contributed by atoms with Gasteiger partial charge in [0.15, 0.2) is 0 Å². The third kappa shape index (κ3) is 5.67. The van der Waals surface area contributed by atoms with E-state index in [4.69, 9.17) is 4.74 Å². The number of nitro groups is 1. The number of hydrazone groups is 1. The summed E-state index contributed by atoms with van der Waals surface area (Å²) in [5.41, 5.74) is 0.205. The number of carbonyl (C=O) groups excluding carboxylic acids is 1. The lowest BCUT2D eigenvalue weighted by atomic mass is 10.2. The average molecular weight is 320 g/mol. The molecule has 0 radical (unpaired) electrons. The third-order valence-corrected chi connectivity index (χ3v) is 3.35. The summed E-state index contributed by atoms with van der Waals surface area (Å²) >= 11 is 0. The quantitative estimate of drug-likeness (QED) is 0.355. The maximum Gasteiger partial charge on any atom is 0.270 e. The summed E-state index contributed by atoms with van der Waals surface area (Å²) in [5, 5.41) is 19.7. The van der Waals surface area contributed by atoms with Crippen LogP contribution in [0.3, 0.4) is 0 Å². The van der Waals surface area contributed by atoms with Crippen molar-refractivity contribution in [2.75, 3.05) is 32.8 Å². The van der Waals surface area contributed by atoms with Crippen molar-refractivity contribution >= 4 is 17.8 Å². The van der Waals surface area contributed by atoms with Gasteiger partial charge in [0.2, 0.25) is 0 Å². The molecule has 1 saturated heterocycles. The number of rotatable bonds is 7. The number of benzene rings is 1. The molecule has 1 aromatic carbocycles. The van der Waals surface area contributed by atoms with Crippen LogP contribution < -0.4 is 5.32 Å². The van der Waals surface area contributed by atoms with Crippen molar-refractivity contribution in [2.24, 2.45) is 5.10 Å². The van der Waals surface area contributed by atoms with E-state index < -0.39 is 4.92 Å². The highest BCUT2D eigenvalue weighted by Gasteiger charge is 2.10. The summed E-state index contributed by atoms with van der Waals surface area (Å²) in [6.45, 7) is 3.52. The predicted molar refractivity (Wildman–Crippen MR) is 85.5 cm³/mol. The molecule has 1 heterocycles. The number of unbranched alkanes of at least 4 members (excludes halogenated alkanes) is 1. The second-order valence-electron chi connectivity index (χ2n) is 5.07. The minimum atomic E-state index is -0.515. The molecular weight excluding hydrogens is 300 g/mol. The molecule has 1 aliphatic rings. The Labute approximate surface area is 134 Å². The minimum Gasteiger partial charge on any atom is -0.378 e. The number of nitro benzene ring substituents is 1. The number of morpholine rings is 1. The molecule has 1 N–H and O–H groups in total. The first kappa shape index (κ1) is 16.9. The van der Waals surface area contributed by atoms with Crippen molar-refractivity contribution in [3.63, 3.8) is 0 Å². The molecule has 1 amide bonds. The molecule has 0 aromatic heterocycles. The first-order chi connectivity index (χ1) is 11.2. The van der Waals surface area contributed by atoms with Gasteiger partial charge >= 0.3 is 0 Å².